The van der Waals surface area contributed by atoms with Gasteiger partial charge < -0.3 is 9.47 Å². The van der Waals surface area contributed by atoms with Crippen LogP contribution in [0.4, 0.5) is 11.4 Å². The first-order chi connectivity index (χ1) is 16.2. The molecule has 0 N–H and O–H groups in total. The van der Waals surface area contributed by atoms with Gasteiger partial charge in [0.1, 0.15) is 0 Å². The molecule has 0 aromatic heterocycles. The molecule has 182 valence electrons. The fourth-order valence-electron chi connectivity index (χ4n) is 2.20. The van der Waals surface area contributed by atoms with Gasteiger partial charge in [-0.1, -0.05) is 6.08 Å². The van der Waals surface area contributed by atoms with E-state index in [1.807, 2.05) is 0 Å². The summed E-state index contributed by atoms with van der Waals surface area (Å²) in [5, 5.41) is 20.6. The summed E-state index contributed by atoms with van der Waals surface area (Å²) >= 11 is 11.2. The van der Waals surface area contributed by atoms with Gasteiger partial charge in [0.05, 0.1) is 39.6 Å². The van der Waals surface area contributed by atoms with Gasteiger partial charge in [-0.3, -0.25) is 20.2 Å². The number of alkyl halides is 2. The molecule has 2 rings (SSSR count). The standard InChI is InChI=1S/C11H11Cl2NO4.C11H11NO4/c12-7-9(13)5-6-18-11(15)8-1-3-10(4-2-8)14(16)17;1-2-3-8-16-11(13)9-4-6-10(7-5-9)12(14)15/h1-4,9H,5-7H2;2,4-7H,1,3,8H2. The molecule has 0 saturated heterocycles. The number of ether oxygens (including phenoxy) is 2. The van der Waals surface area contributed by atoms with E-state index in [2.05, 4.69) is 6.58 Å². The van der Waals surface area contributed by atoms with E-state index in [-0.39, 0.29) is 41.4 Å². The molecule has 0 bridgehead atoms. The minimum absolute atomic E-state index is 0.0531. The van der Waals surface area contributed by atoms with Gasteiger partial charge in [0.2, 0.25) is 0 Å². The van der Waals surface area contributed by atoms with E-state index in [0.717, 1.165) is 0 Å². The number of hydrogen-bond acceptors (Lipinski definition) is 8. The number of nitro groups is 2. The van der Waals surface area contributed by atoms with Crippen molar-refractivity contribution in [3.8, 4) is 0 Å². The minimum atomic E-state index is -0.539. The first kappa shape index (κ1) is 28.5. The highest BCUT2D eigenvalue weighted by Gasteiger charge is 2.12. The third-order valence-electron chi connectivity index (χ3n) is 4.01. The summed E-state index contributed by atoms with van der Waals surface area (Å²) < 4.78 is 9.84. The third kappa shape index (κ3) is 10.4. The van der Waals surface area contributed by atoms with Crippen LogP contribution in [0.15, 0.2) is 61.2 Å². The monoisotopic (exact) mass is 512 g/mol. The zero-order valence-corrected chi connectivity index (χ0v) is 19.4. The summed E-state index contributed by atoms with van der Waals surface area (Å²) in [6.07, 6.45) is 2.69. The highest BCUT2D eigenvalue weighted by Crippen LogP contribution is 2.14. The lowest BCUT2D eigenvalue weighted by atomic mass is 10.2. The Bertz CT molecular complexity index is 981. The maximum absolute atomic E-state index is 11.5. The third-order valence-corrected chi connectivity index (χ3v) is 4.92. The lowest BCUT2D eigenvalue weighted by molar-refractivity contribution is -0.385. The number of rotatable bonds is 11. The van der Waals surface area contributed by atoms with E-state index in [0.29, 0.717) is 18.4 Å². The van der Waals surface area contributed by atoms with Crippen molar-refractivity contribution in [1.29, 1.82) is 0 Å². The number of nitro benzene ring substituents is 2. The summed E-state index contributed by atoms with van der Waals surface area (Å²) in [6.45, 7) is 3.92. The Morgan fingerprint density at radius 1 is 0.882 bits per heavy atom. The van der Waals surface area contributed by atoms with Crippen molar-refractivity contribution in [3.05, 3.63) is 92.5 Å². The average molecular weight is 513 g/mol. The first-order valence-corrected chi connectivity index (χ1v) is 10.8. The van der Waals surface area contributed by atoms with Gasteiger partial charge in [0, 0.05) is 30.1 Å². The predicted octanol–water partition coefficient (Wildman–Crippen LogP) is 5.32. The summed E-state index contributed by atoms with van der Waals surface area (Å²) in [4.78, 5) is 42.6. The molecule has 0 aliphatic rings. The number of hydrogen-bond donors (Lipinski definition) is 0. The lowest BCUT2D eigenvalue weighted by Crippen LogP contribution is -2.11. The van der Waals surface area contributed by atoms with Crippen LogP contribution in [0.5, 0.6) is 0 Å². The van der Waals surface area contributed by atoms with Crippen LogP contribution < -0.4 is 0 Å². The Kier molecular flexibility index (Phi) is 12.9. The van der Waals surface area contributed by atoms with Gasteiger partial charge in [-0.2, -0.15) is 0 Å². The fraction of sp³-hybridized carbons (Fsp3) is 0.273. The Hall–Kier alpha value is -3.50. The van der Waals surface area contributed by atoms with Crippen LogP contribution in [0.1, 0.15) is 33.6 Å². The molecule has 0 radical (unpaired) electrons. The van der Waals surface area contributed by atoms with E-state index in [4.69, 9.17) is 32.7 Å². The van der Waals surface area contributed by atoms with Crippen molar-refractivity contribution in [3.63, 3.8) is 0 Å². The van der Waals surface area contributed by atoms with Gasteiger partial charge in [-0.05, 0) is 37.1 Å². The van der Waals surface area contributed by atoms with Gasteiger partial charge in [-0.15, -0.1) is 29.8 Å². The molecular weight excluding hydrogens is 491 g/mol. The van der Waals surface area contributed by atoms with Crippen LogP contribution in [-0.4, -0.2) is 46.3 Å². The molecule has 34 heavy (non-hydrogen) atoms. The van der Waals surface area contributed by atoms with Crippen LogP contribution in [-0.2, 0) is 9.47 Å². The number of halogens is 2. The van der Waals surface area contributed by atoms with E-state index in [9.17, 15) is 29.8 Å². The molecule has 10 nitrogen and oxygen atoms in total. The van der Waals surface area contributed by atoms with E-state index < -0.39 is 21.8 Å². The van der Waals surface area contributed by atoms with Crippen molar-refractivity contribution in [2.45, 2.75) is 18.2 Å². The molecule has 0 saturated carbocycles. The largest absolute Gasteiger partial charge is 0.462 e. The van der Waals surface area contributed by atoms with Crippen LogP contribution in [0.3, 0.4) is 0 Å². The SMILES string of the molecule is C=CCCOC(=O)c1ccc([N+](=O)[O-])cc1.O=C(OCCC(Cl)CCl)c1ccc([N+](=O)[O-])cc1. The number of non-ortho nitro benzene ring substituents is 2. The molecule has 2 aromatic rings. The molecule has 0 spiro atoms. The van der Waals surface area contributed by atoms with E-state index in [1.165, 1.54) is 48.5 Å². The summed E-state index contributed by atoms with van der Waals surface area (Å²) in [5.74, 6) is -0.739. The van der Waals surface area contributed by atoms with Crippen molar-refractivity contribution in [1.82, 2.24) is 0 Å². The summed E-state index contributed by atoms with van der Waals surface area (Å²) in [7, 11) is 0. The molecule has 0 aliphatic carbocycles. The Morgan fingerprint density at radius 2 is 1.29 bits per heavy atom. The zero-order chi connectivity index (χ0) is 25.5. The second kappa shape index (κ2) is 15.4. The van der Waals surface area contributed by atoms with Gasteiger partial charge in [0.25, 0.3) is 11.4 Å². The van der Waals surface area contributed by atoms with Gasteiger partial charge in [-0.25, -0.2) is 9.59 Å². The first-order valence-electron chi connectivity index (χ1n) is 9.83. The second-order valence-corrected chi connectivity index (χ2v) is 7.42. The van der Waals surface area contributed by atoms with Crippen LogP contribution >= 0.6 is 23.2 Å². The van der Waals surface area contributed by atoms with Crippen LogP contribution in [0.2, 0.25) is 0 Å². The molecule has 0 heterocycles. The molecule has 1 unspecified atom stereocenters. The highest BCUT2D eigenvalue weighted by atomic mass is 35.5. The molecule has 0 amide bonds. The average Bonchev–Trinajstić information content (AvgIpc) is 2.84. The normalized spacial score (nSPS) is 10.8. The fourth-order valence-corrected chi connectivity index (χ4v) is 2.44. The van der Waals surface area contributed by atoms with Gasteiger partial charge in [0.15, 0.2) is 0 Å². The molecule has 1 atom stereocenters. The quantitative estimate of drug-likeness (QED) is 0.0983. The Labute approximate surface area is 205 Å². The smallest absolute Gasteiger partial charge is 0.338 e. The van der Waals surface area contributed by atoms with Crippen molar-refractivity contribution >= 4 is 46.5 Å². The number of esters is 2. The molecule has 12 heteroatoms. The molecule has 0 aliphatic heterocycles. The lowest BCUT2D eigenvalue weighted by Gasteiger charge is -2.06. The molecular formula is C22H22Cl2N2O8. The number of nitrogens with zero attached hydrogens (tertiary/aromatic N) is 2. The number of benzene rings is 2. The number of carbonyl (C=O) groups excluding carboxylic acids is 2. The van der Waals surface area contributed by atoms with Crippen molar-refractivity contribution < 1.29 is 28.9 Å². The highest BCUT2D eigenvalue weighted by molar-refractivity contribution is 6.28. The van der Waals surface area contributed by atoms with Crippen molar-refractivity contribution in [2.75, 3.05) is 19.1 Å². The van der Waals surface area contributed by atoms with Crippen LogP contribution in [0, 0.1) is 20.2 Å². The van der Waals surface area contributed by atoms with Gasteiger partial charge >= 0.3 is 11.9 Å². The number of carbonyl (C=O) groups is 2. The van der Waals surface area contributed by atoms with E-state index in [1.54, 1.807) is 6.08 Å². The topological polar surface area (TPSA) is 139 Å². The van der Waals surface area contributed by atoms with Crippen molar-refractivity contribution in [2.24, 2.45) is 0 Å². The molecule has 2 aromatic carbocycles. The van der Waals surface area contributed by atoms with E-state index >= 15 is 0 Å². The Balaban J connectivity index is 0.000000342. The Morgan fingerprint density at radius 3 is 1.65 bits per heavy atom. The maximum atomic E-state index is 11.5. The molecule has 0 fully saturated rings. The second-order valence-electron chi connectivity index (χ2n) is 6.50. The predicted molar refractivity (Wildman–Crippen MR) is 127 cm³/mol. The minimum Gasteiger partial charge on any atom is -0.462 e. The zero-order valence-electron chi connectivity index (χ0n) is 17.9. The summed E-state index contributed by atoms with van der Waals surface area (Å²) in [5.41, 5.74) is 0.435. The van der Waals surface area contributed by atoms with Crippen LogP contribution in [0.25, 0.3) is 0 Å². The maximum Gasteiger partial charge on any atom is 0.338 e. The summed E-state index contributed by atoms with van der Waals surface area (Å²) in [6, 6.07) is 10.5.